The minimum Gasteiger partial charge on any atom is -0.489 e. The Morgan fingerprint density at radius 3 is 2.89 bits per heavy atom. The number of hydrogen-bond donors (Lipinski definition) is 1. The van der Waals surface area contributed by atoms with E-state index < -0.39 is 0 Å². The topological polar surface area (TPSA) is 48.1 Å². The average molecular weight is 307 g/mol. The molecule has 1 atom stereocenters. The van der Waals surface area contributed by atoms with Crippen molar-refractivity contribution >= 4 is 15.9 Å². The molecule has 2 rings (SSSR count). The first-order valence-electron chi connectivity index (χ1n) is 5.73. The van der Waals surface area contributed by atoms with Crippen LogP contribution in [0.15, 0.2) is 47.2 Å². The third-order valence-corrected chi connectivity index (χ3v) is 3.07. The Labute approximate surface area is 115 Å². The molecule has 0 bridgehead atoms. The fraction of sp³-hybridized carbons (Fsp3) is 0.214. The van der Waals surface area contributed by atoms with Gasteiger partial charge in [0.2, 0.25) is 0 Å². The van der Waals surface area contributed by atoms with Crippen LogP contribution in [0.5, 0.6) is 5.75 Å². The van der Waals surface area contributed by atoms with Gasteiger partial charge in [-0.15, -0.1) is 0 Å². The Morgan fingerprint density at radius 2 is 2.22 bits per heavy atom. The van der Waals surface area contributed by atoms with E-state index in [0.29, 0.717) is 6.61 Å². The second-order valence-corrected chi connectivity index (χ2v) is 5.04. The highest BCUT2D eigenvalue weighted by molar-refractivity contribution is 9.10. The number of hydrogen-bond acceptors (Lipinski definition) is 3. The number of nitrogens with zero attached hydrogens (tertiary/aromatic N) is 1. The van der Waals surface area contributed by atoms with Gasteiger partial charge >= 0.3 is 0 Å². The first-order chi connectivity index (χ1) is 8.66. The summed E-state index contributed by atoms with van der Waals surface area (Å²) in [6.07, 6.45) is 3.54. The number of benzene rings is 1. The molecule has 0 aliphatic rings. The van der Waals surface area contributed by atoms with Crippen molar-refractivity contribution in [1.82, 2.24) is 4.98 Å². The molecule has 0 spiro atoms. The van der Waals surface area contributed by atoms with Crippen molar-refractivity contribution in [2.75, 3.05) is 0 Å². The molecular formula is C14H15BrN2O. The summed E-state index contributed by atoms with van der Waals surface area (Å²) in [6, 6.07) is 9.68. The molecule has 4 heteroatoms. The highest BCUT2D eigenvalue weighted by Gasteiger charge is 2.09. The van der Waals surface area contributed by atoms with Crippen molar-refractivity contribution in [2.45, 2.75) is 19.6 Å². The van der Waals surface area contributed by atoms with Gasteiger partial charge in [-0.2, -0.15) is 0 Å². The first kappa shape index (κ1) is 13.1. The number of halogens is 1. The van der Waals surface area contributed by atoms with Gasteiger partial charge in [-0.05, 0) is 31.2 Å². The maximum Gasteiger partial charge on any atom is 0.124 e. The number of nitrogens with two attached hydrogens (primary N) is 1. The van der Waals surface area contributed by atoms with Crippen LogP contribution in [0.3, 0.4) is 0 Å². The van der Waals surface area contributed by atoms with Gasteiger partial charge in [0, 0.05) is 34.0 Å². The second-order valence-electron chi connectivity index (χ2n) is 4.12. The molecule has 1 aromatic heterocycles. The van der Waals surface area contributed by atoms with Crippen molar-refractivity contribution in [3.8, 4) is 5.75 Å². The van der Waals surface area contributed by atoms with Gasteiger partial charge in [0.05, 0.1) is 0 Å². The zero-order chi connectivity index (χ0) is 13.0. The van der Waals surface area contributed by atoms with E-state index in [1.807, 2.05) is 37.3 Å². The van der Waals surface area contributed by atoms with Gasteiger partial charge < -0.3 is 10.5 Å². The number of pyridine rings is 1. The molecule has 0 unspecified atom stereocenters. The SMILES string of the molecule is C[C@@H](N)c1cc(Br)ccc1OCc1cccnc1. The lowest BCUT2D eigenvalue weighted by molar-refractivity contribution is 0.301. The summed E-state index contributed by atoms with van der Waals surface area (Å²) in [6.45, 7) is 2.44. The van der Waals surface area contributed by atoms with Crippen LogP contribution in [-0.4, -0.2) is 4.98 Å². The van der Waals surface area contributed by atoms with Gasteiger partial charge in [0.1, 0.15) is 12.4 Å². The predicted molar refractivity (Wildman–Crippen MR) is 75.3 cm³/mol. The Morgan fingerprint density at radius 1 is 1.39 bits per heavy atom. The lowest BCUT2D eigenvalue weighted by Crippen LogP contribution is -2.08. The molecule has 3 nitrogen and oxygen atoms in total. The Bertz CT molecular complexity index is 514. The van der Waals surface area contributed by atoms with E-state index in [-0.39, 0.29) is 6.04 Å². The Hall–Kier alpha value is -1.39. The van der Waals surface area contributed by atoms with Crippen LogP contribution in [0.4, 0.5) is 0 Å². The van der Waals surface area contributed by atoms with E-state index in [1.165, 1.54) is 0 Å². The molecular weight excluding hydrogens is 292 g/mol. The fourth-order valence-electron chi connectivity index (χ4n) is 1.65. The van der Waals surface area contributed by atoms with E-state index in [2.05, 4.69) is 20.9 Å². The normalized spacial score (nSPS) is 12.2. The van der Waals surface area contributed by atoms with Crippen LogP contribution in [0.2, 0.25) is 0 Å². The Kier molecular flexibility index (Phi) is 4.33. The molecule has 94 valence electrons. The molecule has 0 amide bonds. The molecule has 0 radical (unpaired) electrons. The van der Waals surface area contributed by atoms with Crippen LogP contribution in [0.25, 0.3) is 0 Å². The maximum absolute atomic E-state index is 5.94. The minimum atomic E-state index is -0.0635. The van der Waals surface area contributed by atoms with Gasteiger partial charge in [0.25, 0.3) is 0 Å². The van der Waals surface area contributed by atoms with Crippen molar-refractivity contribution in [2.24, 2.45) is 5.73 Å². The summed E-state index contributed by atoms with van der Waals surface area (Å²) < 4.78 is 6.80. The zero-order valence-corrected chi connectivity index (χ0v) is 11.7. The van der Waals surface area contributed by atoms with E-state index in [9.17, 15) is 0 Å². The molecule has 18 heavy (non-hydrogen) atoms. The predicted octanol–water partition coefficient (Wildman–Crippen LogP) is 3.44. The van der Waals surface area contributed by atoms with Crippen LogP contribution in [0, 0.1) is 0 Å². The highest BCUT2D eigenvalue weighted by Crippen LogP contribution is 2.28. The van der Waals surface area contributed by atoms with Gasteiger partial charge in [-0.1, -0.05) is 22.0 Å². The summed E-state index contributed by atoms with van der Waals surface area (Å²) in [4.78, 5) is 4.06. The smallest absolute Gasteiger partial charge is 0.124 e. The van der Waals surface area contributed by atoms with Gasteiger partial charge in [0.15, 0.2) is 0 Å². The average Bonchev–Trinajstić information content (AvgIpc) is 2.38. The molecule has 0 fully saturated rings. The largest absolute Gasteiger partial charge is 0.489 e. The lowest BCUT2D eigenvalue weighted by Gasteiger charge is -2.14. The zero-order valence-electron chi connectivity index (χ0n) is 10.1. The van der Waals surface area contributed by atoms with Crippen LogP contribution in [0.1, 0.15) is 24.1 Å². The van der Waals surface area contributed by atoms with Crippen LogP contribution < -0.4 is 10.5 Å². The van der Waals surface area contributed by atoms with E-state index in [4.69, 9.17) is 10.5 Å². The maximum atomic E-state index is 5.94. The third-order valence-electron chi connectivity index (χ3n) is 2.58. The monoisotopic (exact) mass is 306 g/mol. The van der Waals surface area contributed by atoms with E-state index in [0.717, 1.165) is 21.3 Å². The fourth-order valence-corrected chi connectivity index (χ4v) is 2.03. The van der Waals surface area contributed by atoms with E-state index in [1.54, 1.807) is 12.4 Å². The van der Waals surface area contributed by atoms with Crippen molar-refractivity contribution in [3.05, 3.63) is 58.3 Å². The van der Waals surface area contributed by atoms with Crippen LogP contribution in [-0.2, 0) is 6.61 Å². The van der Waals surface area contributed by atoms with E-state index >= 15 is 0 Å². The molecule has 2 aromatic rings. The van der Waals surface area contributed by atoms with Crippen molar-refractivity contribution in [1.29, 1.82) is 0 Å². The van der Waals surface area contributed by atoms with Crippen molar-refractivity contribution in [3.63, 3.8) is 0 Å². The number of rotatable bonds is 4. The molecule has 0 saturated heterocycles. The van der Waals surface area contributed by atoms with Gasteiger partial charge in [-0.3, -0.25) is 4.98 Å². The summed E-state index contributed by atoms with van der Waals surface area (Å²) >= 11 is 3.44. The third kappa shape index (κ3) is 3.31. The van der Waals surface area contributed by atoms with Gasteiger partial charge in [-0.25, -0.2) is 0 Å². The quantitative estimate of drug-likeness (QED) is 0.941. The number of ether oxygens (including phenoxy) is 1. The second kappa shape index (κ2) is 5.98. The Balaban J connectivity index is 2.14. The van der Waals surface area contributed by atoms with Crippen LogP contribution >= 0.6 is 15.9 Å². The molecule has 0 aliphatic heterocycles. The van der Waals surface area contributed by atoms with Crippen molar-refractivity contribution < 1.29 is 4.74 Å². The first-order valence-corrected chi connectivity index (χ1v) is 6.53. The standard InChI is InChI=1S/C14H15BrN2O/c1-10(16)13-7-12(15)4-5-14(13)18-9-11-3-2-6-17-8-11/h2-8,10H,9,16H2,1H3/t10-/m1/s1. The summed E-state index contributed by atoms with van der Waals surface area (Å²) in [5.74, 6) is 0.817. The highest BCUT2D eigenvalue weighted by atomic mass is 79.9. The molecule has 0 saturated carbocycles. The molecule has 1 heterocycles. The molecule has 0 aliphatic carbocycles. The summed E-state index contributed by atoms with van der Waals surface area (Å²) in [5, 5.41) is 0. The molecule has 2 N–H and O–H groups in total. The number of aromatic nitrogens is 1. The summed E-state index contributed by atoms with van der Waals surface area (Å²) in [5.41, 5.74) is 7.97. The summed E-state index contributed by atoms with van der Waals surface area (Å²) in [7, 11) is 0. The minimum absolute atomic E-state index is 0.0635. The molecule has 1 aromatic carbocycles. The lowest BCUT2D eigenvalue weighted by atomic mass is 10.1.